The van der Waals surface area contributed by atoms with Crippen LogP contribution >= 0.6 is 0 Å². The second-order valence-electron chi connectivity index (χ2n) is 4.31. The molecular formula is C14H19N. The van der Waals surface area contributed by atoms with Crippen molar-refractivity contribution in [3.8, 4) is 0 Å². The van der Waals surface area contributed by atoms with E-state index < -0.39 is 0 Å². The van der Waals surface area contributed by atoms with Gasteiger partial charge in [0.05, 0.1) is 0 Å². The van der Waals surface area contributed by atoms with Crippen LogP contribution in [0.1, 0.15) is 19.3 Å². The molecule has 2 aliphatic rings. The van der Waals surface area contributed by atoms with E-state index in [1.807, 2.05) is 6.08 Å². The monoisotopic (exact) mass is 201 g/mol. The van der Waals surface area contributed by atoms with Crippen molar-refractivity contribution in [3.05, 3.63) is 48.6 Å². The Hall–Kier alpha value is -1.08. The Bertz CT molecular complexity index is 314. The summed E-state index contributed by atoms with van der Waals surface area (Å²) < 4.78 is 0. The Morgan fingerprint density at radius 3 is 2.93 bits per heavy atom. The van der Waals surface area contributed by atoms with Crippen LogP contribution in [-0.4, -0.2) is 13.1 Å². The summed E-state index contributed by atoms with van der Waals surface area (Å²) in [7, 11) is 0. The summed E-state index contributed by atoms with van der Waals surface area (Å²) >= 11 is 0. The van der Waals surface area contributed by atoms with Gasteiger partial charge in [-0.3, -0.25) is 0 Å². The van der Waals surface area contributed by atoms with E-state index in [0.29, 0.717) is 5.41 Å². The lowest BCUT2D eigenvalue weighted by Crippen LogP contribution is -2.35. The summed E-state index contributed by atoms with van der Waals surface area (Å²) in [6.45, 7) is 6.00. The third kappa shape index (κ3) is 2.13. The zero-order valence-electron chi connectivity index (χ0n) is 9.21. The van der Waals surface area contributed by atoms with E-state index in [1.54, 1.807) is 0 Å². The fourth-order valence-electron chi connectivity index (χ4n) is 2.44. The van der Waals surface area contributed by atoms with Crippen LogP contribution in [-0.2, 0) is 0 Å². The summed E-state index contributed by atoms with van der Waals surface area (Å²) in [6, 6.07) is 0. The van der Waals surface area contributed by atoms with Crippen molar-refractivity contribution in [2.75, 3.05) is 13.1 Å². The SMILES string of the molecule is C=CCC=CC1=CC=CC12CCNCC2. The fraction of sp³-hybridized carbons (Fsp3) is 0.429. The van der Waals surface area contributed by atoms with Crippen LogP contribution < -0.4 is 5.32 Å². The molecule has 1 nitrogen and oxygen atoms in total. The molecule has 1 aliphatic carbocycles. The van der Waals surface area contributed by atoms with Gasteiger partial charge in [-0.05, 0) is 37.9 Å². The van der Waals surface area contributed by atoms with Crippen LogP contribution in [0.25, 0.3) is 0 Å². The molecule has 1 spiro atoms. The van der Waals surface area contributed by atoms with Crippen molar-refractivity contribution < 1.29 is 0 Å². The molecule has 0 saturated carbocycles. The summed E-state index contributed by atoms with van der Waals surface area (Å²) in [6.07, 6.45) is 16.7. The van der Waals surface area contributed by atoms with Crippen molar-refractivity contribution in [2.24, 2.45) is 5.41 Å². The molecule has 0 atom stereocenters. The highest BCUT2D eigenvalue weighted by atomic mass is 14.9. The molecule has 0 aromatic heterocycles. The predicted molar refractivity (Wildman–Crippen MR) is 65.7 cm³/mol. The van der Waals surface area contributed by atoms with Crippen molar-refractivity contribution in [2.45, 2.75) is 19.3 Å². The van der Waals surface area contributed by atoms with E-state index in [-0.39, 0.29) is 0 Å². The maximum Gasteiger partial charge on any atom is 0.0159 e. The van der Waals surface area contributed by atoms with Gasteiger partial charge in [0.1, 0.15) is 0 Å². The van der Waals surface area contributed by atoms with Crippen LogP contribution in [0.15, 0.2) is 48.6 Å². The molecule has 1 heterocycles. The Labute approximate surface area is 92.3 Å². The quantitative estimate of drug-likeness (QED) is 0.692. The summed E-state index contributed by atoms with van der Waals surface area (Å²) in [5.74, 6) is 0. The van der Waals surface area contributed by atoms with Crippen LogP contribution in [0, 0.1) is 5.41 Å². The maximum absolute atomic E-state index is 3.73. The fourth-order valence-corrected chi connectivity index (χ4v) is 2.44. The molecule has 0 amide bonds. The molecule has 0 radical (unpaired) electrons. The molecule has 1 aliphatic heterocycles. The first-order chi connectivity index (χ1) is 7.37. The minimum atomic E-state index is 0.336. The van der Waals surface area contributed by atoms with E-state index in [0.717, 1.165) is 19.5 Å². The molecule has 0 bridgehead atoms. The van der Waals surface area contributed by atoms with Crippen molar-refractivity contribution in [3.63, 3.8) is 0 Å². The first-order valence-corrected chi connectivity index (χ1v) is 5.75. The van der Waals surface area contributed by atoms with E-state index in [2.05, 4.69) is 42.3 Å². The van der Waals surface area contributed by atoms with Gasteiger partial charge in [0.25, 0.3) is 0 Å². The number of hydrogen-bond acceptors (Lipinski definition) is 1. The average molecular weight is 201 g/mol. The van der Waals surface area contributed by atoms with Gasteiger partial charge in [-0.15, -0.1) is 6.58 Å². The minimum Gasteiger partial charge on any atom is -0.317 e. The van der Waals surface area contributed by atoms with Crippen molar-refractivity contribution >= 4 is 0 Å². The van der Waals surface area contributed by atoms with E-state index in [1.165, 1.54) is 18.4 Å². The molecule has 1 heteroatoms. The van der Waals surface area contributed by atoms with Crippen LogP contribution in [0.2, 0.25) is 0 Å². The van der Waals surface area contributed by atoms with Gasteiger partial charge in [0.2, 0.25) is 0 Å². The molecule has 2 rings (SSSR count). The van der Waals surface area contributed by atoms with Crippen LogP contribution in [0.4, 0.5) is 0 Å². The summed E-state index contributed by atoms with van der Waals surface area (Å²) in [5, 5.41) is 3.42. The summed E-state index contributed by atoms with van der Waals surface area (Å²) in [5.41, 5.74) is 1.81. The Morgan fingerprint density at radius 2 is 2.20 bits per heavy atom. The van der Waals surface area contributed by atoms with E-state index in [9.17, 15) is 0 Å². The van der Waals surface area contributed by atoms with Gasteiger partial charge in [-0.1, -0.05) is 36.5 Å². The largest absolute Gasteiger partial charge is 0.317 e. The van der Waals surface area contributed by atoms with Crippen LogP contribution in [0.5, 0.6) is 0 Å². The number of hydrogen-bond donors (Lipinski definition) is 1. The lowest BCUT2D eigenvalue weighted by atomic mass is 9.75. The van der Waals surface area contributed by atoms with Gasteiger partial charge < -0.3 is 5.32 Å². The third-order valence-electron chi connectivity index (χ3n) is 3.36. The first-order valence-electron chi connectivity index (χ1n) is 5.75. The smallest absolute Gasteiger partial charge is 0.0159 e. The standard InChI is InChI=1S/C14H19N/c1-2-3-4-6-13-7-5-8-14(13)9-11-15-12-10-14/h2,4-8,15H,1,3,9-12H2. The number of piperidine rings is 1. The predicted octanol–water partition coefficient (Wildman–Crippen LogP) is 2.98. The summed E-state index contributed by atoms with van der Waals surface area (Å²) in [4.78, 5) is 0. The van der Waals surface area contributed by atoms with Crippen LogP contribution in [0.3, 0.4) is 0 Å². The van der Waals surface area contributed by atoms with Crippen molar-refractivity contribution in [1.82, 2.24) is 5.32 Å². The average Bonchev–Trinajstić information content (AvgIpc) is 2.63. The molecule has 1 fully saturated rings. The number of allylic oxidation sites excluding steroid dienone is 7. The lowest BCUT2D eigenvalue weighted by Gasteiger charge is -2.34. The second-order valence-corrected chi connectivity index (χ2v) is 4.31. The lowest BCUT2D eigenvalue weighted by molar-refractivity contribution is 0.334. The number of nitrogens with one attached hydrogen (secondary N) is 1. The highest BCUT2D eigenvalue weighted by Gasteiger charge is 2.33. The minimum absolute atomic E-state index is 0.336. The normalized spacial score (nSPS) is 23.6. The molecule has 15 heavy (non-hydrogen) atoms. The molecule has 1 N–H and O–H groups in total. The van der Waals surface area contributed by atoms with Gasteiger partial charge in [0.15, 0.2) is 0 Å². The molecule has 1 saturated heterocycles. The van der Waals surface area contributed by atoms with Gasteiger partial charge in [0, 0.05) is 5.41 Å². The molecular weight excluding hydrogens is 182 g/mol. The zero-order valence-corrected chi connectivity index (χ0v) is 9.21. The Kier molecular flexibility index (Phi) is 3.22. The molecule has 0 unspecified atom stereocenters. The second kappa shape index (κ2) is 4.63. The Balaban J connectivity index is 2.08. The third-order valence-corrected chi connectivity index (χ3v) is 3.36. The van der Waals surface area contributed by atoms with Gasteiger partial charge >= 0.3 is 0 Å². The van der Waals surface area contributed by atoms with E-state index >= 15 is 0 Å². The highest BCUT2D eigenvalue weighted by molar-refractivity contribution is 5.41. The maximum atomic E-state index is 3.73. The molecule has 0 aromatic carbocycles. The highest BCUT2D eigenvalue weighted by Crippen LogP contribution is 2.42. The number of rotatable bonds is 3. The molecule has 80 valence electrons. The first kappa shape index (κ1) is 10.4. The van der Waals surface area contributed by atoms with Gasteiger partial charge in [-0.2, -0.15) is 0 Å². The zero-order chi connectivity index (χ0) is 10.6. The van der Waals surface area contributed by atoms with E-state index in [4.69, 9.17) is 0 Å². The van der Waals surface area contributed by atoms with Crippen molar-refractivity contribution in [1.29, 1.82) is 0 Å². The Morgan fingerprint density at radius 1 is 1.40 bits per heavy atom. The topological polar surface area (TPSA) is 12.0 Å². The van der Waals surface area contributed by atoms with Gasteiger partial charge in [-0.25, -0.2) is 0 Å². The molecule has 0 aromatic rings.